The van der Waals surface area contributed by atoms with Crippen molar-refractivity contribution in [3.8, 4) is 0 Å². The van der Waals surface area contributed by atoms with Crippen LogP contribution in [0.5, 0.6) is 0 Å². The molecule has 1 aromatic heterocycles. The van der Waals surface area contributed by atoms with Gasteiger partial charge in [-0.15, -0.1) is 0 Å². The lowest BCUT2D eigenvalue weighted by Gasteiger charge is -2.24. The standard InChI is InChI=1S/C15H27N3O/c1-7-16-10-9-13-11(3)17-14(18-12(13)4)15(5,6)19-8-2/h16H,7-10H2,1-6H3. The van der Waals surface area contributed by atoms with Gasteiger partial charge in [-0.1, -0.05) is 6.92 Å². The van der Waals surface area contributed by atoms with E-state index in [1.165, 1.54) is 5.56 Å². The Hall–Kier alpha value is -1.00. The number of hydrogen-bond acceptors (Lipinski definition) is 4. The van der Waals surface area contributed by atoms with E-state index in [-0.39, 0.29) is 0 Å². The van der Waals surface area contributed by atoms with Gasteiger partial charge in [-0.2, -0.15) is 0 Å². The second kappa shape index (κ2) is 6.96. The highest BCUT2D eigenvalue weighted by Crippen LogP contribution is 2.23. The minimum atomic E-state index is -0.426. The predicted molar refractivity (Wildman–Crippen MR) is 78.4 cm³/mol. The molecule has 0 atom stereocenters. The Labute approximate surface area is 117 Å². The van der Waals surface area contributed by atoms with Crippen LogP contribution in [-0.4, -0.2) is 29.7 Å². The predicted octanol–water partition coefficient (Wildman–Crippen LogP) is 2.52. The van der Waals surface area contributed by atoms with Gasteiger partial charge in [-0.25, -0.2) is 9.97 Å². The molecule has 1 heterocycles. The molecule has 108 valence electrons. The summed E-state index contributed by atoms with van der Waals surface area (Å²) in [5.41, 5.74) is 2.95. The lowest BCUT2D eigenvalue weighted by Crippen LogP contribution is -2.26. The van der Waals surface area contributed by atoms with Crippen molar-refractivity contribution in [3.05, 3.63) is 22.8 Å². The van der Waals surface area contributed by atoms with Crippen molar-refractivity contribution in [2.75, 3.05) is 19.7 Å². The van der Waals surface area contributed by atoms with Gasteiger partial charge in [0.15, 0.2) is 5.82 Å². The molecule has 1 rings (SSSR count). The van der Waals surface area contributed by atoms with Crippen LogP contribution < -0.4 is 5.32 Å². The Kier molecular flexibility index (Phi) is 5.88. The summed E-state index contributed by atoms with van der Waals surface area (Å²) in [5.74, 6) is 0.775. The van der Waals surface area contributed by atoms with E-state index in [2.05, 4.69) is 36.1 Å². The van der Waals surface area contributed by atoms with Crippen molar-refractivity contribution < 1.29 is 4.74 Å². The highest BCUT2D eigenvalue weighted by Gasteiger charge is 2.25. The monoisotopic (exact) mass is 265 g/mol. The molecule has 1 N–H and O–H groups in total. The zero-order valence-electron chi connectivity index (χ0n) is 13.1. The zero-order valence-corrected chi connectivity index (χ0v) is 13.1. The van der Waals surface area contributed by atoms with E-state index in [9.17, 15) is 0 Å². The third-order valence-corrected chi connectivity index (χ3v) is 3.27. The van der Waals surface area contributed by atoms with Crippen LogP contribution in [0.15, 0.2) is 0 Å². The Morgan fingerprint density at radius 1 is 1.11 bits per heavy atom. The molecule has 0 amide bonds. The number of rotatable bonds is 7. The van der Waals surface area contributed by atoms with Crippen molar-refractivity contribution in [1.29, 1.82) is 0 Å². The van der Waals surface area contributed by atoms with Gasteiger partial charge in [0, 0.05) is 18.0 Å². The van der Waals surface area contributed by atoms with Gasteiger partial charge >= 0.3 is 0 Å². The normalized spacial score (nSPS) is 11.9. The van der Waals surface area contributed by atoms with E-state index in [4.69, 9.17) is 4.74 Å². The maximum Gasteiger partial charge on any atom is 0.160 e. The fraction of sp³-hybridized carbons (Fsp3) is 0.733. The van der Waals surface area contributed by atoms with Crippen LogP contribution in [0.2, 0.25) is 0 Å². The molecule has 0 saturated carbocycles. The van der Waals surface area contributed by atoms with Crippen LogP contribution >= 0.6 is 0 Å². The summed E-state index contributed by atoms with van der Waals surface area (Å²) in [6.45, 7) is 14.9. The van der Waals surface area contributed by atoms with E-state index >= 15 is 0 Å². The fourth-order valence-electron chi connectivity index (χ4n) is 2.19. The lowest BCUT2D eigenvalue weighted by molar-refractivity contribution is -0.0210. The molecule has 19 heavy (non-hydrogen) atoms. The molecule has 0 aliphatic rings. The van der Waals surface area contributed by atoms with E-state index in [1.807, 2.05) is 20.8 Å². The first-order chi connectivity index (χ1) is 8.92. The summed E-state index contributed by atoms with van der Waals surface area (Å²) < 4.78 is 5.73. The Morgan fingerprint density at radius 2 is 1.68 bits per heavy atom. The van der Waals surface area contributed by atoms with E-state index in [0.717, 1.165) is 36.7 Å². The quantitative estimate of drug-likeness (QED) is 0.770. The van der Waals surface area contributed by atoms with Gasteiger partial charge in [-0.05, 0) is 59.7 Å². The Bertz CT molecular complexity index is 393. The summed E-state index contributed by atoms with van der Waals surface area (Å²) in [6.07, 6.45) is 0.973. The van der Waals surface area contributed by atoms with Crippen LogP contribution in [-0.2, 0) is 16.8 Å². The van der Waals surface area contributed by atoms with E-state index in [0.29, 0.717) is 6.61 Å². The molecule has 0 saturated heterocycles. The molecule has 4 heteroatoms. The summed E-state index contributed by atoms with van der Waals surface area (Å²) in [4.78, 5) is 9.28. The van der Waals surface area contributed by atoms with Gasteiger partial charge in [0.25, 0.3) is 0 Å². The minimum Gasteiger partial charge on any atom is -0.368 e. The second-order valence-electron chi connectivity index (χ2n) is 5.24. The van der Waals surface area contributed by atoms with Crippen molar-refractivity contribution in [2.45, 2.75) is 53.6 Å². The maximum absolute atomic E-state index is 5.73. The molecule has 0 aliphatic heterocycles. The number of ether oxygens (including phenoxy) is 1. The number of hydrogen-bond donors (Lipinski definition) is 1. The van der Waals surface area contributed by atoms with Crippen molar-refractivity contribution in [1.82, 2.24) is 15.3 Å². The maximum atomic E-state index is 5.73. The minimum absolute atomic E-state index is 0.426. The first-order valence-corrected chi connectivity index (χ1v) is 7.11. The summed E-state index contributed by atoms with van der Waals surface area (Å²) >= 11 is 0. The average Bonchev–Trinajstić information content (AvgIpc) is 2.32. The SMILES string of the molecule is CCNCCc1c(C)nc(C(C)(C)OCC)nc1C. The second-order valence-corrected chi connectivity index (χ2v) is 5.24. The molecule has 0 fully saturated rings. The molecule has 0 aliphatic carbocycles. The number of likely N-dealkylation sites (N-methyl/N-ethyl adjacent to an activating group) is 1. The van der Waals surface area contributed by atoms with Gasteiger partial charge in [0.05, 0.1) is 0 Å². The smallest absolute Gasteiger partial charge is 0.160 e. The Morgan fingerprint density at radius 3 is 2.16 bits per heavy atom. The topological polar surface area (TPSA) is 47.0 Å². The van der Waals surface area contributed by atoms with Crippen LogP contribution in [0.25, 0.3) is 0 Å². The van der Waals surface area contributed by atoms with Crippen LogP contribution in [0, 0.1) is 13.8 Å². The third-order valence-electron chi connectivity index (χ3n) is 3.27. The fourth-order valence-corrected chi connectivity index (χ4v) is 2.19. The zero-order chi connectivity index (χ0) is 14.5. The number of aromatic nitrogens is 2. The molecule has 0 spiro atoms. The number of nitrogens with zero attached hydrogens (tertiary/aromatic N) is 2. The molecular weight excluding hydrogens is 238 g/mol. The lowest BCUT2D eigenvalue weighted by atomic mass is 10.1. The molecule has 0 bridgehead atoms. The molecule has 0 aromatic carbocycles. The Balaban J connectivity index is 2.96. The average molecular weight is 265 g/mol. The third kappa shape index (κ3) is 4.25. The van der Waals surface area contributed by atoms with Gasteiger partial charge in [0.2, 0.25) is 0 Å². The van der Waals surface area contributed by atoms with Crippen molar-refractivity contribution >= 4 is 0 Å². The number of nitrogens with one attached hydrogen (secondary N) is 1. The van der Waals surface area contributed by atoms with E-state index < -0.39 is 5.60 Å². The first-order valence-electron chi connectivity index (χ1n) is 7.11. The largest absolute Gasteiger partial charge is 0.368 e. The van der Waals surface area contributed by atoms with Crippen LogP contribution in [0.4, 0.5) is 0 Å². The first kappa shape index (κ1) is 16.1. The van der Waals surface area contributed by atoms with Crippen LogP contribution in [0.1, 0.15) is 50.5 Å². The molecule has 0 radical (unpaired) electrons. The van der Waals surface area contributed by atoms with Gasteiger partial charge < -0.3 is 10.1 Å². The highest BCUT2D eigenvalue weighted by atomic mass is 16.5. The van der Waals surface area contributed by atoms with Gasteiger partial charge in [-0.3, -0.25) is 0 Å². The van der Waals surface area contributed by atoms with Crippen molar-refractivity contribution in [3.63, 3.8) is 0 Å². The summed E-state index contributed by atoms with van der Waals surface area (Å²) in [6, 6.07) is 0. The summed E-state index contributed by atoms with van der Waals surface area (Å²) in [7, 11) is 0. The highest BCUT2D eigenvalue weighted by molar-refractivity contribution is 5.25. The van der Waals surface area contributed by atoms with Gasteiger partial charge in [0.1, 0.15) is 5.60 Å². The molecule has 1 aromatic rings. The van der Waals surface area contributed by atoms with Crippen LogP contribution in [0.3, 0.4) is 0 Å². The summed E-state index contributed by atoms with van der Waals surface area (Å²) in [5, 5.41) is 3.34. The van der Waals surface area contributed by atoms with Crippen molar-refractivity contribution in [2.24, 2.45) is 0 Å². The molecule has 4 nitrogen and oxygen atoms in total. The van der Waals surface area contributed by atoms with E-state index in [1.54, 1.807) is 0 Å². The molecule has 0 unspecified atom stereocenters. The number of aryl methyl sites for hydroxylation is 2. The molecular formula is C15H27N3O.